The molecule has 0 unspecified atom stereocenters. The van der Waals surface area contributed by atoms with Gasteiger partial charge in [0.25, 0.3) is 0 Å². The number of rotatable bonds is 6. The van der Waals surface area contributed by atoms with E-state index in [4.69, 9.17) is 10.1 Å². The minimum absolute atomic E-state index is 0.331. The van der Waals surface area contributed by atoms with Gasteiger partial charge in [-0.25, -0.2) is 4.98 Å². The Bertz CT molecular complexity index is 504. The molecule has 0 aliphatic heterocycles. The Balaban J connectivity index is 1.67. The van der Waals surface area contributed by atoms with Gasteiger partial charge in [0.2, 0.25) is 0 Å². The number of aromatic nitrogens is 2. The maximum absolute atomic E-state index is 7.34. The summed E-state index contributed by atoms with van der Waals surface area (Å²) in [4.78, 5) is 7.65. The zero-order chi connectivity index (χ0) is 13.5. The first kappa shape index (κ1) is 13.4. The Kier molecular flexibility index (Phi) is 4.74. The maximum atomic E-state index is 7.34. The van der Waals surface area contributed by atoms with Crippen LogP contribution in [-0.4, -0.2) is 36.1 Å². The van der Waals surface area contributed by atoms with E-state index in [-0.39, 0.29) is 0 Å². The van der Waals surface area contributed by atoms with Crippen LogP contribution in [0.25, 0.3) is 11.0 Å². The smallest absolute Gasteiger partial charge is 0.188 e. The number of fused-ring (bicyclic) bond motifs is 1. The fraction of sp³-hybridized carbons (Fsp3) is 0.385. The molecule has 0 atom stereocenters. The Morgan fingerprint density at radius 2 is 2.26 bits per heavy atom. The van der Waals surface area contributed by atoms with Crippen molar-refractivity contribution in [3.8, 4) is 0 Å². The van der Waals surface area contributed by atoms with E-state index in [1.54, 1.807) is 7.05 Å². The van der Waals surface area contributed by atoms with Gasteiger partial charge in [-0.2, -0.15) is 0 Å². The summed E-state index contributed by atoms with van der Waals surface area (Å²) in [6, 6.07) is 7.92. The number of hydrogen-bond donors (Lipinski definition) is 4. The molecule has 6 nitrogen and oxygen atoms in total. The van der Waals surface area contributed by atoms with Crippen LogP contribution in [0, 0.1) is 5.41 Å². The van der Waals surface area contributed by atoms with Crippen LogP contribution in [0.15, 0.2) is 24.3 Å². The SMILES string of the molecule is CNC(=N)NCCCOCc1nc2ccccc2[nH]1. The summed E-state index contributed by atoms with van der Waals surface area (Å²) in [5, 5.41) is 13.0. The van der Waals surface area contributed by atoms with Crippen LogP contribution in [0.1, 0.15) is 12.2 Å². The van der Waals surface area contributed by atoms with Crippen LogP contribution in [0.2, 0.25) is 0 Å². The number of benzene rings is 1. The van der Waals surface area contributed by atoms with Crippen molar-refractivity contribution in [2.24, 2.45) is 0 Å². The van der Waals surface area contributed by atoms with Crippen LogP contribution < -0.4 is 10.6 Å². The number of para-hydroxylation sites is 2. The second-order valence-corrected chi connectivity index (χ2v) is 4.16. The third-order valence-corrected chi connectivity index (χ3v) is 2.69. The largest absolute Gasteiger partial charge is 0.373 e. The first-order chi connectivity index (χ1) is 9.29. The molecule has 6 heteroatoms. The molecule has 2 rings (SSSR count). The van der Waals surface area contributed by atoms with E-state index in [0.29, 0.717) is 19.2 Å². The Hall–Kier alpha value is -2.08. The van der Waals surface area contributed by atoms with Gasteiger partial charge in [-0.3, -0.25) is 5.41 Å². The molecule has 102 valence electrons. The molecule has 0 saturated heterocycles. The van der Waals surface area contributed by atoms with Crippen LogP contribution in [0.4, 0.5) is 0 Å². The fourth-order valence-electron chi connectivity index (χ4n) is 1.72. The van der Waals surface area contributed by atoms with Crippen LogP contribution in [0.5, 0.6) is 0 Å². The molecule has 0 spiro atoms. The lowest BCUT2D eigenvalue weighted by atomic mass is 10.3. The highest BCUT2D eigenvalue weighted by atomic mass is 16.5. The highest BCUT2D eigenvalue weighted by Gasteiger charge is 2.01. The van der Waals surface area contributed by atoms with Crippen LogP contribution in [0.3, 0.4) is 0 Å². The maximum Gasteiger partial charge on any atom is 0.188 e. The number of hydrogen-bond acceptors (Lipinski definition) is 3. The third kappa shape index (κ3) is 3.96. The molecule has 1 aromatic heterocycles. The number of aromatic amines is 1. The van der Waals surface area contributed by atoms with Gasteiger partial charge in [0, 0.05) is 20.2 Å². The molecule has 0 aliphatic carbocycles. The predicted octanol–water partition coefficient (Wildman–Crippen LogP) is 1.21. The fourth-order valence-corrected chi connectivity index (χ4v) is 1.72. The van der Waals surface area contributed by atoms with Crippen molar-refractivity contribution in [2.75, 3.05) is 20.2 Å². The zero-order valence-electron chi connectivity index (χ0n) is 11.0. The minimum atomic E-state index is 0.331. The quantitative estimate of drug-likeness (QED) is 0.358. The van der Waals surface area contributed by atoms with Gasteiger partial charge in [0.15, 0.2) is 5.96 Å². The van der Waals surface area contributed by atoms with E-state index in [0.717, 1.165) is 29.8 Å². The average Bonchev–Trinajstić information content (AvgIpc) is 2.84. The molecular weight excluding hydrogens is 242 g/mol. The molecule has 0 radical (unpaired) electrons. The second-order valence-electron chi connectivity index (χ2n) is 4.16. The van der Waals surface area contributed by atoms with Gasteiger partial charge in [-0.15, -0.1) is 0 Å². The summed E-state index contributed by atoms with van der Waals surface area (Å²) < 4.78 is 5.54. The Morgan fingerprint density at radius 3 is 3.05 bits per heavy atom. The van der Waals surface area contributed by atoms with Gasteiger partial charge < -0.3 is 20.4 Å². The number of nitrogens with zero attached hydrogens (tertiary/aromatic N) is 1. The molecule has 2 aromatic rings. The van der Waals surface area contributed by atoms with Crippen molar-refractivity contribution in [3.63, 3.8) is 0 Å². The van der Waals surface area contributed by atoms with E-state index in [9.17, 15) is 0 Å². The normalized spacial score (nSPS) is 10.6. The molecule has 0 aliphatic rings. The van der Waals surface area contributed by atoms with E-state index in [2.05, 4.69) is 20.6 Å². The van der Waals surface area contributed by atoms with Gasteiger partial charge in [-0.1, -0.05) is 12.1 Å². The lowest BCUT2D eigenvalue weighted by Gasteiger charge is -2.06. The first-order valence-electron chi connectivity index (χ1n) is 6.31. The van der Waals surface area contributed by atoms with Crippen molar-refractivity contribution >= 4 is 17.0 Å². The van der Waals surface area contributed by atoms with Crippen molar-refractivity contribution in [2.45, 2.75) is 13.0 Å². The summed E-state index contributed by atoms with van der Waals surface area (Å²) in [5.41, 5.74) is 2.00. The predicted molar refractivity (Wildman–Crippen MR) is 75.2 cm³/mol. The minimum Gasteiger partial charge on any atom is -0.373 e. The Morgan fingerprint density at radius 1 is 1.42 bits per heavy atom. The van der Waals surface area contributed by atoms with Crippen molar-refractivity contribution < 1.29 is 4.74 Å². The summed E-state index contributed by atoms with van der Waals surface area (Å²) in [7, 11) is 1.72. The molecule has 0 fully saturated rings. The second kappa shape index (κ2) is 6.75. The lowest BCUT2D eigenvalue weighted by molar-refractivity contribution is 0.114. The van der Waals surface area contributed by atoms with E-state index >= 15 is 0 Å². The van der Waals surface area contributed by atoms with Crippen molar-refractivity contribution in [3.05, 3.63) is 30.1 Å². The molecular formula is C13H19N5O. The highest BCUT2D eigenvalue weighted by molar-refractivity contribution is 5.76. The zero-order valence-corrected chi connectivity index (χ0v) is 11.0. The first-order valence-corrected chi connectivity index (χ1v) is 6.31. The van der Waals surface area contributed by atoms with Crippen LogP contribution in [-0.2, 0) is 11.3 Å². The van der Waals surface area contributed by atoms with Gasteiger partial charge in [0.1, 0.15) is 12.4 Å². The van der Waals surface area contributed by atoms with Gasteiger partial charge in [-0.05, 0) is 18.6 Å². The van der Waals surface area contributed by atoms with Gasteiger partial charge in [0.05, 0.1) is 11.0 Å². The number of ether oxygens (including phenoxy) is 1. The van der Waals surface area contributed by atoms with Crippen molar-refractivity contribution in [1.82, 2.24) is 20.6 Å². The molecule has 0 amide bonds. The van der Waals surface area contributed by atoms with E-state index in [1.807, 2.05) is 24.3 Å². The summed E-state index contributed by atoms with van der Waals surface area (Å²) in [5.74, 6) is 1.18. The number of guanidine groups is 1. The molecule has 0 saturated carbocycles. The third-order valence-electron chi connectivity index (χ3n) is 2.69. The standard InChI is InChI=1S/C13H19N5O/c1-15-13(14)16-7-4-8-19-9-12-17-10-5-2-3-6-11(10)18-12/h2-3,5-6H,4,7-9H2,1H3,(H,17,18)(H3,14,15,16). The summed E-state index contributed by atoms with van der Waals surface area (Å²) >= 11 is 0. The van der Waals surface area contributed by atoms with E-state index < -0.39 is 0 Å². The number of imidazole rings is 1. The average molecular weight is 261 g/mol. The lowest BCUT2D eigenvalue weighted by Crippen LogP contribution is -2.34. The monoisotopic (exact) mass is 261 g/mol. The highest BCUT2D eigenvalue weighted by Crippen LogP contribution is 2.10. The summed E-state index contributed by atoms with van der Waals surface area (Å²) in [6.45, 7) is 1.85. The number of H-pyrrole nitrogens is 1. The molecule has 1 aromatic carbocycles. The molecule has 1 heterocycles. The molecule has 4 N–H and O–H groups in total. The number of nitrogens with one attached hydrogen (secondary N) is 4. The molecule has 0 bridgehead atoms. The topological polar surface area (TPSA) is 85.8 Å². The van der Waals surface area contributed by atoms with E-state index in [1.165, 1.54) is 0 Å². The summed E-state index contributed by atoms with van der Waals surface area (Å²) in [6.07, 6.45) is 0.851. The van der Waals surface area contributed by atoms with Gasteiger partial charge >= 0.3 is 0 Å². The van der Waals surface area contributed by atoms with Crippen LogP contribution >= 0.6 is 0 Å². The Labute approximate surface area is 112 Å². The van der Waals surface area contributed by atoms with Crippen molar-refractivity contribution in [1.29, 1.82) is 5.41 Å². The molecule has 19 heavy (non-hydrogen) atoms.